The van der Waals surface area contributed by atoms with Gasteiger partial charge in [0.25, 0.3) is 0 Å². The summed E-state index contributed by atoms with van der Waals surface area (Å²) in [5.74, 6) is 2.15. The van der Waals surface area contributed by atoms with Gasteiger partial charge in [-0.15, -0.1) is 0 Å². The van der Waals surface area contributed by atoms with E-state index in [1.54, 1.807) is 0 Å². The third-order valence-electron chi connectivity index (χ3n) is 3.87. The van der Waals surface area contributed by atoms with Gasteiger partial charge in [0.15, 0.2) is 0 Å². The van der Waals surface area contributed by atoms with Crippen LogP contribution < -0.4 is 0 Å². The molecular formula is C12H18N2. The highest BCUT2D eigenvalue weighted by molar-refractivity contribution is 5.23. The van der Waals surface area contributed by atoms with Gasteiger partial charge in [0.1, 0.15) is 5.82 Å². The number of nitrogens with zero attached hydrogens (tertiary/aromatic N) is 2. The van der Waals surface area contributed by atoms with Crippen LogP contribution in [0.4, 0.5) is 0 Å². The van der Waals surface area contributed by atoms with Crippen LogP contribution >= 0.6 is 0 Å². The second-order valence-electron chi connectivity index (χ2n) is 5.39. The van der Waals surface area contributed by atoms with E-state index in [4.69, 9.17) is 4.98 Å². The third kappa shape index (κ3) is 1.20. The smallest absolute Gasteiger partial charge is 0.109 e. The minimum absolute atomic E-state index is 0.438. The highest BCUT2D eigenvalue weighted by atomic mass is 15.1. The van der Waals surface area contributed by atoms with Gasteiger partial charge in [-0.25, -0.2) is 4.98 Å². The Labute approximate surface area is 85.3 Å². The molecule has 0 radical (unpaired) electrons. The standard InChI is InChI=1S/C12H18N2/c1-9-3-6-14-8-10(12(2)4-5-12)13-11(14)7-9/h8-9H,3-7H2,1-2H3. The van der Waals surface area contributed by atoms with Crippen molar-refractivity contribution >= 4 is 0 Å². The lowest BCUT2D eigenvalue weighted by Gasteiger charge is -2.18. The van der Waals surface area contributed by atoms with Crippen LogP contribution in [-0.4, -0.2) is 9.55 Å². The maximum absolute atomic E-state index is 4.80. The Morgan fingerprint density at radius 3 is 3.00 bits per heavy atom. The molecule has 76 valence electrons. The maximum atomic E-state index is 4.80. The number of hydrogen-bond acceptors (Lipinski definition) is 1. The Balaban J connectivity index is 1.95. The molecule has 1 atom stereocenters. The first-order valence-electron chi connectivity index (χ1n) is 5.74. The van der Waals surface area contributed by atoms with E-state index in [0.717, 1.165) is 5.92 Å². The lowest BCUT2D eigenvalue weighted by Crippen LogP contribution is -2.16. The second-order valence-corrected chi connectivity index (χ2v) is 5.39. The van der Waals surface area contributed by atoms with Crippen molar-refractivity contribution in [3.05, 3.63) is 17.7 Å². The molecule has 1 aromatic heterocycles. The molecule has 2 heterocycles. The average Bonchev–Trinajstić information content (AvgIpc) is 2.77. The molecule has 0 aromatic carbocycles. The highest BCUT2D eigenvalue weighted by Crippen LogP contribution is 2.47. The van der Waals surface area contributed by atoms with Gasteiger partial charge in [-0.3, -0.25) is 0 Å². The first-order valence-corrected chi connectivity index (χ1v) is 5.74. The molecule has 0 bridgehead atoms. The average molecular weight is 190 g/mol. The molecule has 0 amide bonds. The molecule has 0 spiro atoms. The predicted molar refractivity (Wildman–Crippen MR) is 56.3 cm³/mol. The summed E-state index contributed by atoms with van der Waals surface area (Å²) in [6.45, 7) is 5.85. The Hall–Kier alpha value is -0.790. The van der Waals surface area contributed by atoms with Crippen LogP contribution in [0.5, 0.6) is 0 Å². The van der Waals surface area contributed by atoms with Gasteiger partial charge in [-0.05, 0) is 25.2 Å². The summed E-state index contributed by atoms with van der Waals surface area (Å²) in [4.78, 5) is 4.80. The molecule has 1 unspecified atom stereocenters. The summed E-state index contributed by atoms with van der Waals surface area (Å²) in [6.07, 6.45) is 7.46. The zero-order valence-electron chi connectivity index (χ0n) is 9.08. The summed E-state index contributed by atoms with van der Waals surface area (Å²) < 4.78 is 2.37. The number of rotatable bonds is 1. The van der Waals surface area contributed by atoms with Crippen LogP contribution in [0, 0.1) is 5.92 Å². The molecule has 1 aromatic rings. The fourth-order valence-corrected chi connectivity index (χ4v) is 2.32. The van der Waals surface area contributed by atoms with Crippen LogP contribution in [-0.2, 0) is 18.4 Å². The molecule has 2 heteroatoms. The van der Waals surface area contributed by atoms with Crippen molar-refractivity contribution in [1.82, 2.24) is 9.55 Å². The molecule has 1 saturated carbocycles. The van der Waals surface area contributed by atoms with Gasteiger partial charge in [0.2, 0.25) is 0 Å². The number of fused-ring (bicyclic) bond motifs is 1. The molecule has 0 saturated heterocycles. The van der Waals surface area contributed by atoms with Crippen molar-refractivity contribution in [1.29, 1.82) is 0 Å². The lowest BCUT2D eigenvalue weighted by atomic mass is 10.0. The molecule has 1 aliphatic heterocycles. The van der Waals surface area contributed by atoms with E-state index in [1.165, 1.54) is 43.7 Å². The Morgan fingerprint density at radius 2 is 2.29 bits per heavy atom. The van der Waals surface area contributed by atoms with Crippen LogP contribution in [0.15, 0.2) is 6.20 Å². The van der Waals surface area contributed by atoms with Crippen molar-refractivity contribution in [2.75, 3.05) is 0 Å². The first kappa shape index (κ1) is 8.51. The summed E-state index contributed by atoms with van der Waals surface area (Å²) in [5, 5.41) is 0. The Morgan fingerprint density at radius 1 is 1.50 bits per heavy atom. The van der Waals surface area contributed by atoms with Gasteiger partial charge in [-0.1, -0.05) is 13.8 Å². The van der Waals surface area contributed by atoms with E-state index in [2.05, 4.69) is 24.6 Å². The molecule has 2 aliphatic rings. The van der Waals surface area contributed by atoms with Crippen molar-refractivity contribution in [2.24, 2.45) is 5.92 Å². The molecule has 3 rings (SSSR count). The van der Waals surface area contributed by atoms with Gasteiger partial charge in [-0.2, -0.15) is 0 Å². The van der Waals surface area contributed by atoms with E-state index in [9.17, 15) is 0 Å². The summed E-state index contributed by atoms with van der Waals surface area (Å²) in [6, 6.07) is 0. The van der Waals surface area contributed by atoms with E-state index >= 15 is 0 Å². The van der Waals surface area contributed by atoms with Gasteiger partial charge < -0.3 is 4.57 Å². The zero-order chi connectivity index (χ0) is 9.76. The van der Waals surface area contributed by atoms with Crippen molar-refractivity contribution in [3.8, 4) is 0 Å². The maximum Gasteiger partial charge on any atom is 0.109 e. The van der Waals surface area contributed by atoms with E-state index in [-0.39, 0.29) is 0 Å². The summed E-state index contributed by atoms with van der Waals surface area (Å²) in [5.41, 5.74) is 1.79. The van der Waals surface area contributed by atoms with Crippen molar-refractivity contribution in [2.45, 2.75) is 51.5 Å². The molecule has 2 nitrogen and oxygen atoms in total. The van der Waals surface area contributed by atoms with Crippen LogP contribution in [0.3, 0.4) is 0 Å². The first-order chi connectivity index (χ1) is 6.67. The largest absolute Gasteiger partial charge is 0.335 e. The quantitative estimate of drug-likeness (QED) is 0.665. The lowest BCUT2D eigenvalue weighted by molar-refractivity contribution is 0.409. The number of hydrogen-bond donors (Lipinski definition) is 0. The predicted octanol–water partition coefficient (Wildman–Crippen LogP) is 2.52. The van der Waals surface area contributed by atoms with Gasteiger partial charge in [0, 0.05) is 24.6 Å². The second kappa shape index (κ2) is 2.62. The monoisotopic (exact) mass is 190 g/mol. The Bertz CT molecular complexity index is 360. The molecular weight excluding hydrogens is 172 g/mol. The molecule has 1 fully saturated rings. The van der Waals surface area contributed by atoms with Crippen molar-refractivity contribution < 1.29 is 0 Å². The van der Waals surface area contributed by atoms with Crippen LogP contribution in [0.2, 0.25) is 0 Å². The van der Waals surface area contributed by atoms with E-state index in [1.807, 2.05) is 0 Å². The van der Waals surface area contributed by atoms with Crippen molar-refractivity contribution in [3.63, 3.8) is 0 Å². The number of imidazole rings is 1. The van der Waals surface area contributed by atoms with Gasteiger partial charge in [0.05, 0.1) is 5.69 Å². The SMILES string of the molecule is CC1CCn2cc(C3(C)CC3)nc2C1. The summed E-state index contributed by atoms with van der Waals surface area (Å²) >= 11 is 0. The highest BCUT2D eigenvalue weighted by Gasteiger charge is 2.41. The fourth-order valence-electron chi connectivity index (χ4n) is 2.32. The normalized spacial score (nSPS) is 28.6. The number of aromatic nitrogens is 2. The minimum Gasteiger partial charge on any atom is -0.335 e. The van der Waals surface area contributed by atoms with E-state index < -0.39 is 0 Å². The summed E-state index contributed by atoms with van der Waals surface area (Å²) in [7, 11) is 0. The fraction of sp³-hybridized carbons (Fsp3) is 0.750. The van der Waals surface area contributed by atoms with E-state index in [0.29, 0.717) is 5.41 Å². The molecule has 0 N–H and O–H groups in total. The molecule has 14 heavy (non-hydrogen) atoms. The topological polar surface area (TPSA) is 17.8 Å². The van der Waals surface area contributed by atoms with Crippen LogP contribution in [0.1, 0.15) is 44.6 Å². The van der Waals surface area contributed by atoms with Gasteiger partial charge >= 0.3 is 0 Å². The van der Waals surface area contributed by atoms with Crippen LogP contribution in [0.25, 0.3) is 0 Å². The zero-order valence-corrected chi connectivity index (χ0v) is 9.08. The minimum atomic E-state index is 0.438. The number of aryl methyl sites for hydroxylation is 1. The third-order valence-corrected chi connectivity index (χ3v) is 3.87. The molecule has 1 aliphatic carbocycles. The Kier molecular flexibility index (Phi) is 1.59.